The van der Waals surface area contributed by atoms with Crippen LogP contribution in [0.2, 0.25) is 5.02 Å². The van der Waals surface area contributed by atoms with Crippen molar-refractivity contribution < 1.29 is 21.6 Å². The van der Waals surface area contributed by atoms with Crippen molar-refractivity contribution in [1.29, 1.82) is 0 Å². The number of urea groups is 1. The Balaban J connectivity index is 1.58. The number of carbonyl (C=O) groups is 1. The number of anilines is 1. The first-order chi connectivity index (χ1) is 12.2. The van der Waals surface area contributed by atoms with Gasteiger partial charge in [0.05, 0.1) is 16.8 Å². The highest BCUT2D eigenvalue weighted by Crippen LogP contribution is 2.23. The quantitative estimate of drug-likeness (QED) is 0.784. The van der Waals surface area contributed by atoms with Crippen LogP contribution in [0, 0.1) is 0 Å². The van der Waals surface area contributed by atoms with Crippen molar-refractivity contribution in [2.24, 2.45) is 0 Å². The lowest BCUT2D eigenvalue weighted by Crippen LogP contribution is -2.53. The third kappa shape index (κ3) is 4.30. The highest BCUT2D eigenvalue weighted by Gasteiger charge is 2.41. The van der Waals surface area contributed by atoms with Crippen LogP contribution < -0.4 is 5.32 Å². The first kappa shape index (κ1) is 19.4. The zero-order valence-electron chi connectivity index (χ0n) is 14.0. The Labute approximate surface area is 158 Å². The van der Waals surface area contributed by atoms with Crippen molar-refractivity contribution >= 4 is 43.2 Å². The highest BCUT2D eigenvalue weighted by molar-refractivity contribution is 7.95. The molecule has 2 aliphatic heterocycles. The number of nitrogens with zero attached hydrogens (tertiary/aromatic N) is 2. The molecule has 0 saturated carbocycles. The lowest BCUT2D eigenvalue weighted by molar-refractivity contribution is 0.184. The summed E-state index contributed by atoms with van der Waals surface area (Å²) in [5.74, 6) is -0.399. The van der Waals surface area contributed by atoms with E-state index >= 15 is 0 Å². The van der Waals surface area contributed by atoms with Crippen molar-refractivity contribution in [2.75, 3.05) is 43.0 Å². The minimum absolute atomic E-state index is 0.0844. The van der Waals surface area contributed by atoms with Gasteiger partial charge >= 0.3 is 6.03 Å². The van der Waals surface area contributed by atoms with Gasteiger partial charge in [-0.15, -0.1) is 0 Å². The van der Waals surface area contributed by atoms with Crippen LogP contribution in [-0.4, -0.2) is 75.0 Å². The number of carbonyl (C=O) groups excluding carboxylic acids is 1. The van der Waals surface area contributed by atoms with Crippen molar-refractivity contribution in [3.63, 3.8) is 0 Å². The normalized spacial score (nSPS) is 23.7. The molecular weight excluding hydrogens is 402 g/mol. The molecule has 144 valence electrons. The van der Waals surface area contributed by atoms with Gasteiger partial charge in [-0.2, -0.15) is 4.31 Å². The summed E-state index contributed by atoms with van der Waals surface area (Å²) in [5.41, 5.74) is 0.564. The Kier molecular flexibility index (Phi) is 5.48. The largest absolute Gasteiger partial charge is 0.322 e. The second kappa shape index (κ2) is 7.34. The molecule has 2 fully saturated rings. The molecule has 1 atom stereocenters. The van der Waals surface area contributed by atoms with Gasteiger partial charge in [-0.1, -0.05) is 17.7 Å². The lowest BCUT2D eigenvalue weighted by atomic mass is 10.3. The van der Waals surface area contributed by atoms with Gasteiger partial charge in [-0.05, 0) is 24.6 Å². The van der Waals surface area contributed by atoms with Gasteiger partial charge < -0.3 is 10.2 Å². The number of amides is 2. The minimum Gasteiger partial charge on any atom is -0.322 e. The molecule has 0 unspecified atom stereocenters. The number of sulfonamides is 1. The topological polar surface area (TPSA) is 104 Å². The van der Waals surface area contributed by atoms with E-state index in [9.17, 15) is 21.6 Å². The highest BCUT2D eigenvalue weighted by atomic mass is 35.5. The molecule has 26 heavy (non-hydrogen) atoms. The summed E-state index contributed by atoms with van der Waals surface area (Å²) in [6.07, 6.45) is 0.139. The summed E-state index contributed by atoms with van der Waals surface area (Å²) in [5, 5.41) is 2.36. The summed E-state index contributed by atoms with van der Waals surface area (Å²) in [7, 11) is -6.94. The van der Waals surface area contributed by atoms with E-state index < -0.39 is 25.1 Å². The molecule has 2 heterocycles. The summed E-state index contributed by atoms with van der Waals surface area (Å²) in [6.45, 7) is 0.792. The minimum atomic E-state index is -3.67. The van der Waals surface area contributed by atoms with Gasteiger partial charge in [0, 0.05) is 36.9 Å². The number of rotatable bonds is 3. The van der Waals surface area contributed by atoms with Crippen LogP contribution in [0.5, 0.6) is 0 Å². The van der Waals surface area contributed by atoms with Crippen LogP contribution in [0.1, 0.15) is 6.42 Å². The number of piperazine rings is 1. The van der Waals surface area contributed by atoms with Crippen molar-refractivity contribution in [1.82, 2.24) is 9.21 Å². The monoisotopic (exact) mass is 421 g/mol. The van der Waals surface area contributed by atoms with E-state index in [1.165, 1.54) is 9.21 Å². The zero-order chi connectivity index (χ0) is 18.9. The standard InChI is InChI=1S/C15H20ClN3O5S2/c16-12-2-1-3-13(10-12)17-15(20)18-5-7-19(8-6-18)26(23,24)14-4-9-25(21,22)11-14/h1-3,10,14H,4-9,11H2,(H,17,20)/t14-/m0/s1. The molecule has 0 spiro atoms. The number of sulfone groups is 1. The Morgan fingerprint density at radius 1 is 1.19 bits per heavy atom. The molecule has 2 saturated heterocycles. The van der Waals surface area contributed by atoms with E-state index in [2.05, 4.69) is 5.32 Å². The fraction of sp³-hybridized carbons (Fsp3) is 0.533. The maximum atomic E-state index is 12.6. The maximum absolute atomic E-state index is 12.6. The van der Waals surface area contributed by atoms with Gasteiger partial charge in [-0.25, -0.2) is 21.6 Å². The summed E-state index contributed by atoms with van der Waals surface area (Å²) < 4.78 is 49.6. The molecule has 1 aromatic rings. The second-order valence-corrected chi connectivity index (χ2v) is 11.3. The summed E-state index contributed by atoms with van der Waals surface area (Å²) in [6, 6.07) is 6.43. The van der Waals surface area contributed by atoms with E-state index in [1.54, 1.807) is 24.3 Å². The number of nitrogens with one attached hydrogen (secondary N) is 1. The Morgan fingerprint density at radius 2 is 1.88 bits per heavy atom. The SMILES string of the molecule is O=C(Nc1cccc(Cl)c1)N1CCN(S(=O)(=O)[C@H]2CCS(=O)(=O)C2)CC1. The van der Waals surface area contributed by atoms with Gasteiger partial charge in [0.25, 0.3) is 0 Å². The first-order valence-corrected chi connectivity index (χ1v) is 11.9. The van der Waals surface area contributed by atoms with E-state index in [-0.39, 0.29) is 50.1 Å². The number of halogens is 1. The molecule has 0 radical (unpaired) electrons. The molecule has 0 aliphatic carbocycles. The van der Waals surface area contributed by atoms with Crippen molar-refractivity contribution in [3.8, 4) is 0 Å². The van der Waals surface area contributed by atoms with Crippen LogP contribution in [0.25, 0.3) is 0 Å². The predicted octanol–water partition coefficient (Wildman–Crippen LogP) is 1.01. The van der Waals surface area contributed by atoms with Gasteiger partial charge in [-0.3, -0.25) is 0 Å². The Bertz CT molecular complexity index is 896. The number of hydrogen-bond donors (Lipinski definition) is 1. The molecule has 0 bridgehead atoms. The van der Waals surface area contributed by atoms with Crippen LogP contribution >= 0.6 is 11.6 Å². The molecule has 2 aliphatic rings. The van der Waals surface area contributed by atoms with Crippen LogP contribution in [0.4, 0.5) is 10.5 Å². The third-order valence-electron chi connectivity index (χ3n) is 4.57. The van der Waals surface area contributed by atoms with E-state index in [0.29, 0.717) is 10.7 Å². The molecule has 11 heteroatoms. The molecule has 1 aromatic carbocycles. The number of hydrogen-bond acceptors (Lipinski definition) is 5. The van der Waals surface area contributed by atoms with Gasteiger partial charge in [0.2, 0.25) is 10.0 Å². The van der Waals surface area contributed by atoms with Gasteiger partial charge in [0.15, 0.2) is 9.84 Å². The molecule has 2 amide bonds. The average Bonchev–Trinajstić information content (AvgIpc) is 2.96. The maximum Gasteiger partial charge on any atom is 0.321 e. The molecule has 0 aromatic heterocycles. The van der Waals surface area contributed by atoms with Crippen LogP contribution in [-0.2, 0) is 19.9 Å². The fourth-order valence-corrected chi connectivity index (χ4v) is 7.82. The van der Waals surface area contributed by atoms with E-state index in [1.807, 2.05) is 0 Å². The average molecular weight is 422 g/mol. The number of benzene rings is 1. The Morgan fingerprint density at radius 3 is 2.46 bits per heavy atom. The fourth-order valence-electron chi connectivity index (χ4n) is 3.12. The second-order valence-electron chi connectivity index (χ2n) is 6.40. The molecular formula is C15H20ClN3O5S2. The smallest absolute Gasteiger partial charge is 0.321 e. The lowest BCUT2D eigenvalue weighted by Gasteiger charge is -2.35. The summed E-state index contributed by atoms with van der Waals surface area (Å²) >= 11 is 5.88. The first-order valence-electron chi connectivity index (χ1n) is 8.18. The molecule has 8 nitrogen and oxygen atoms in total. The Hall–Kier alpha value is -1.36. The zero-order valence-corrected chi connectivity index (χ0v) is 16.4. The van der Waals surface area contributed by atoms with Crippen LogP contribution in [0.3, 0.4) is 0 Å². The summed E-state index contributed by atoms with van der Waals surface area (Å²) in [4.78, 5) is 13.8. The third-order valence-corrected chi connectivity index (χ3v) is 9.12. The predicted molar refractivity (Wildman–Crippen MR) is 99.6 cm³/mol. The van der Waals surface area contributed by atoms with E-state index in [4.69, 9.17) is 11.6 Å². The molecule has 3 rings (SSSR count). The van der Waals surface area contributed by atoms with Gasteiger partial charge in [0.1, 0.15) is 0 Å². The van der Waals surface area contributed by atoms with Crippen LogP contribution in [0.15, 0.2) is 24.3 Å². The van der Waals surface area contributed by atoms with Crippen molar-refractivity contribution in [2.45, 2.75) is 11.7 Å². The van der Waals surface area contributed by atoms with E-state index in [0.717, 1.165) is 0 Å². The molecule has 1 N–H and O–H groups in total. The van der Waals surface area contributed by atoms with Crippen molar-refractivity contribution in [3.05, 3.63) is 29.3 Å².